The number of hydrogen-bond acceptors (Lipinski definition) is 0. The molecule has 1 heteroatoms. The van der Waals surface area contributed by atoms with Crippen LogP contribution in [0, 0.1) is 23.7 Å². The molecule has 0 radical (unpaired) electrons. The maximum atomic E-state index is 3.51. The number of halogens is 1. The maximum Gasteiger partial charge on any atom is 0.0245 e. The average Bonchev–Trinajstić information content (AvgIpc) is 2.63. The van der Waals surface area contributed by atoms with Gasteiger partial charge < -0.3 is 0 Å². The fraction of sp³-hybridized carbons (Fsp3) is 0.391. The number of benzene rings is 2. The Labute approximate surface area is 154 Å². The second kappa shape index (κ2) is 8.54. The standard InChI is InChI=1S/C23H25Br/c1-2-3-18-4-6-19(7-5-18)8-9-20-10-12-21(13-11-20)22-14-16-23(24)17-15-22/h10-19H,2-7H2,1H3. The molecule has 1 aliphatic rings. The summed E-state index contributed by atoms with van der Waals surface area (Å²) in [6.45, 7) is 2.30. The highest BCUT2D eigenvalue weighted by molar-refractivity contribution is 9.10. The van der Waals surface area contributed by atoms with Crippen LogP contribution in [0.4, 0.5) is 0 Å². The van der Waals surface area contributed by atoms with Gasteiger partial charge in [0.1, 0.15) is 0 Å². The first-order chi connectivity index (χ1) is 11.7. The van der Waals surface area contributed by atoms with Crippen LogP contribution in [0.5, 0.6) is 0 Å². The van der Waals surface area contributed by atoms with Gasteiger partial charge in [0.25, 0.3) is 0 Å². The van der Waals surface area contributed by atoms with E-state index in [0.717, 1.165) is 16.0 Å². The summed E-state index contributed by atoms with van der Waals surface area (Å²) < 4.78 is 1.11. The number of hydrogen-bond donors (Lipinski definition) is 0. The van der Waals surface area contributed by atoms with E-state index in [9.17, 15) is 0 Å². The summed E-state index contributed by atoms with van der Waals surface area (Å²) in [5.41, 5.74) is 3.62. The Balaban J connectivity index is 1.60. The second-order valence-electron chi connectivity index (χ2n) is 6.86. The zero-order valence-electron chi connectivity index (χ0n) is 14.4. The zero-order valence-corrected chi connectivity index (χ0v) is 16.0. The fourth-order valence-electron chi connectivity index (χ4n) is 3.58. The largest absolute Gasteiger partial charge is 0.0945 e. The van der Waals surface area contributed by atoms with Crippen molar-refractivity contribution in [1.29, 1.82) is 0 Å². The molecule has 0 aromatic heterocycles. The average molecular weight is 381 g/mol. The van der Waals surface area contributed by atoms with Crippen molar-refractivity contribution < 1.29 is 0 Å². The van der Waals surface area contributed by atoms with Crippen LogP contribution in [0.1, 0.15) is 51.0 Å². The van der Waals surface area contributed by atoms with Gasteiger partial charge in [-0.2, -0.15) is 0 Å². The summed E-state index contributed by atoms with van der Waals surface area (Å²) in [6, 6.07) is 17.1. The third-order valence-electron chi connectivity index (χ3n) is 5.03. The van der Waals surface area contributed by atoms with Gasteiger partial charge in [-0.3, -0.25) is 0 Å². The normalized spacial score (nSPS) is 20.2. The summed E-state index contributed by atoms with van der Waals surface area (Å²) >= 11 is 3.48. The van der Waals surface area contributed by atoms with E-state index in [4.69, 9.17) is 0 Å². The smallest absolute Gasteiger partial charge is 0.0245 e. The highest BCUT2D eigenvalue weighted by atomic mass is 79.9. The third-order valence-corrected chi connectivity index (χ3v) is 5.56. The first-order valence-corrected chi connectivity index (χ1v) is 9.91. The van der Waals surface area contributed by atoms with E-state index in [1.807, 2.05) is 0 Å². The quantitative estimate of drug-likeness (QED) is 0.499. The van der Waals surface area contributed by atoms with Gasteiger partial charge in [0.2, 0.25) is 0 Å². The zero-order chi connectivity index (χ0) is 16.8. The Morgan fingerprint density at radius 1 is 0.875 bits per heavy atom. The Hall–Kier alpha value is -1.52. The molecule has 2 aromatic rings. The van der Waals surface area contributed by atoms with Crippen molar-refractivity contribution in [2.75, 3.05) is 0 Å². The van der Waals surface area contributed by atoms with E-state index >= 15 is 0 Å². The molecule has 0 spiro atoms. The summed E-state index contributed by atoms with van der Waals surface area (Å²) in [5, 5.41) is 0. The Bertz CT molecular complexity index is 692. The lowest BCUT2D eigenvalue weighted by molar-refractivity contribution is 0.300. The minimum absolute atomic E-state index is 0.601. The molecule has 0 nitrogen and oxygen atoms in total. The predicted octanol–water partition coefficient (Wildman–Crippen LogP) is 7.07. The van der Waals surface area contributed by atoms with E-state index in [0.29, 0.717) is 5.92 Å². The van der Waals surface area contributed by atoms with Crippen LogP contribution < -0.4 is 0 Å². The molecule has 1 aliphatic carbocycles. The predicted molar refractivity (Wildman–Crippen MR) is 107 cm³/mol. The van der Waals surface area contributed by atoms with Gasteiger partial charge in [-0.25, -0.2) is 0 Å². The maximum absolute atomic E-state index is 3.51. The summed E-state index contributed by atoms with van der Waals surface area (Å²) in [7, 11) is 0. The van der Waals surface area contributed by atoms with Crippen molar-refractivity contribution >= 4 is 15.9 Å². The van der Waals surface area contributed by atoms with Crippen LogP contribution in [0.25, 0.3) is 11.1 Å². The van der Waals surface area contributed by atoms with E-state index in [2.05, 4.69) is 83.2 Å². The number of rotatable bonds is 3. The Morgan fingerprint density at radius 3 is 2.04 bits per heavy atom. The van der Waals surface area contributed by atoms with Crippen molar-refractivity contribution in [2.45, 2.75) is 45.4 Å². The van der Waals surface area contributed by atoms with Crippen LogP contribution >= 0.6 is 15.9 Å². The van der Waals surface area contributed by atoms with Crippen LogP contribution in [-0.4, -0.2) is 0 Å². The van der Waals surface area contributed by atoms with Gasteiger partial charge in [0.05, 0.1) is 0 Å². The SMILES string of the molecule is CCCC1CCC(C#Cc2ccc(-c3ccc(Br)cc3)cc2)CC1. The van der Waals surface area contributed by atoms with Crippen LogP contribution in [0.3, 0.4) is 0 Å². The van der Waals surface area contributed by atoms with Gasteiger partial charge in [-0.1, -0.05) is 71.8 Å². The molecule has 0 unspecified atom stereocenters. The molecular formula is C23H25Br. The van der Waals surface area contributed by atoms with Gasteiger partial charge in [0, 0.05) is 16.0 Å². The topological polar surface area (TPSA) is 0 Å². The summed E-state index contributed by atoms with van der Waals surface area (Å²) in [4.78, 5) is 0. The molecule has 2 aromatic carbocycles. The lowest BCUT2D eigenvalue weighted by atomic mass is 9.80. The van der Waals surface area contributed by atoms with Crippen molar-refractivity contribution in [1.82, 2.24) is 0 Å². The van der Waals surface area contributed by atoms with E-state index in [1.165, 1.54) is 49.7 Å². The lowest BCUT2D eigenvalue weighted by Crippen LogP contribution is -2.13. The molecule has 1 fully saturated rings. The van der Waals surface area contributed by atoms with Gasteiger partial charge in [-0.15, -0.1) is 0 Å². The molecule has 0 amide bonds. The molecule has 0 aliphatic heterocycles. The summed E-state index contributed by atoms with van der Waals surface area (Å²) in [5.74, 6) is 8.46. The minimum atomic E-state index is 0.601. The first kappa shape index (κ1) is 17.3. The van der Waals surface area contributed by atoms with Crippen LogP contribution in [0.2, 0.25) is 0 Å². The lowest BCUT2D eigenvalue weighted by Gasteiger charge is -2.25. The van der Waals surface area contributed by atoms with Crippen molar-refractivity contribution in [3.63, 3.8) is 0 Å². The van der Waals surface area contributed by atoms with E-state index in [-0.39, 0.29) is 0 Å². The van der Waals surface area contributed by atoms with Crippen LogP contribution in [-0.2, 0) is 0 Å². The minimum Gasteiger partial charge on any atom is -0.0945 e. The third kappa shape index (κ3) is 4.74. The van der Waals surface area contributed by atoms with Gasteiger partial charge in [-0.05, 0) is 67.0 Å². The molecule has 0 N–H and O–H groups in total. The Morgan fingerprint density at radius 2 is 1.46 bits per heavy atom. The van der Waals surface area contributed by atoms with Crippen molar-refractivity contribution in [3.8, 4) is 23.0 Å². The molecular weight excluding hydrogens is 356 g/mol. The summed E-state index contributed by atoms with van der Waals surface area (Å²) in [6.07, 6.45) is 8.04. The first-order valence-electron chi connectivity index (χ1n) is 9.12. The molecule has 124 valence electrons. The Kier molecular flexibility index (Phi) is 6.16. The highest BCUT2D eigenvalue weighted by Gasteiger charge is 2.18. The highest BCUT2D eigenvalue weighted by Crippen LogP contribution is 2.31. The van der Waals surface area contributed by atoms with Crippen molar-refractivity contribution in [3.05, 3.63) is 58.6 Å². The monoisotopic (exact) mass is 380 g/mol. The molecule has 24 heavy (non-hydrogen) atoms. The second-order valence-corrected chi connectivity index (χ2v) is 7.78. The van der Waals surface area contributed by atoms with Crippen molar-refractivity contribution in [2.24, 2.45) is 11.8 Å². The van der Waals surface area contributed by atoms with Crippen LogP contribution in [0.15, 0.2) is 53.0 Å². The van der Waals surface area contributed by atoms with E-state index < -0.39 is 0 Å². The molecule has 0 saturated heterocycles. The van der Waals surface area contributed by atoms with E-state index in [1.54, 1.807) is 0 Å². The molecule has 1 saturated carbocycles. The molecule has 0 heterocycles. The molecule has 0 atom stereocenters. The molecule has 3 rings (SSSR count). The molecule has 0 bridgehead atoms. The fourth-order valence-corrected chi connectivity index (χ4v) is 3.84. The van der Waals surface area contributed by atoms with Gasteiger partial charge in [0.15, 0.2) is 0 Å². The van der Waals surface area contributed by atoms with Gasteiger partial charge >= 0.3 is 0 Å².